The number of aliphatic hydroxyl groups excluding tert-OH is 1. The molecule has 2 aliphatic rings. The standard InChI is InChI=1S/C31H44FN5O5S/c1-20-27(21(2)39)43-29(33-20)35-28(40)34-26-11-13-37(30(41)42-19-31(3,4)18-38)17-24(26)16-36-12-5-6-23(15-36)14-22-7-9-25(32)10-8-22/h7-10,23-24,26,38H,5-6,11-19H2,1-4H3,(H2,33,34,35,40)/t23-,24+,26+/m0/s1. The molecular weight excluding hydrogens is 573 g/mol. The smallest absolute Gasteiger partial charge is 0.409 e. The van der Waals surface area contributed by atoms with Crippen molar-refractivity contribution >= 4 is 34.4 Å². The molecule has 0 unspecified atom stereocenters. The van der Waals surface area contributed by atoms with Crippen LogP contribution in [0, 0.1) is 30.0 Å². The minimum atomic E-state index is -0.531. The Morgan fingerprint density at radius 2 is 1.91 bits per heavy atom. The largest absolute Gasteiger partial charge is 0.449 e. The number of anilines is 1. The topological polar surface area (TPSA) is 124 Å². The van der Waals surface area contributed by atoms with E-state index in [0.717, 1.165) is 49.3 Å². The number of nitrogens with zero attached hydrogens (tertiary/aromatic N) is 3. The van der Waals surface area contributed by atoms with E-state index in [1.807, 2.05) is 26.0 Å². The summed E-state index contributed by atoms with van der Waals surface area (Å²) in [5.41, 5.74) is 1.17. The third-order valence-electron chi connectivity index (χ3n) is 8.19. The minimum Gasteiger partial charge on any atom is -0.449 e. The van der Waals surface area contributed by atoms with Gasteiger partial charge in [-0.2, -0.15) is 0 Å². The number of nitrogens with one attached hydrogen (secondary N) is 2. The number of aryl methyl sites for hydroxylation is 1. The lowest BCUT2D eigenvalue weighted by Crippen LogP contribution is -2.56. The van der Waals surface area contributed by atoms with Gasteiger partial charge < -0.3 is 25.0 Å². The number of ketones is 1. The van der Waals surface area contributed by atoms with Crippen LogP contribution in [-0.2, 0) is 11.2 Å². The van der Waals surface area contributed by atoms with Crippen LogP contribution in [0.1, 0.15) is 61.0 Å². The van der Waals surface area contributed by atoms with Gasteiger partial charge in [-0.1, -0.05) is 37.3 Å². The first-order valence-corrected chi connectivity index (χ1v) is 15.8. The van der Waals surface area contributed by atoms with Crippen LogP contribution in [0.2, 0.25) is 0 Å². The number of rotatable bonds is 10. The van der Waals surface area contributed by atoms with E-state index in [-0.39, 0.29) is 36.8 Å². The van der Waals surface area contributed by atoms with Crippen molar-refractivity contribution in [3.63, 3.8) is 0 Å². The molecule has 3 heterocycles. The molecule has 12 heteroatoms. The first-order valence-electron chi connectivity index (χ1n) is 15.0. The Morgan fingerprint density at radius 3 is 2.58 bits per heavy atom. The molecule has 3 amide bonds. The maximum absolute atomic E-state index is 13.4. The highest BCUT2D eigenvalue weighted by Crippen LogP contribution is 2.27. The van der Waals surface area contributed by atoms with Crippen LogP contribution in [0.5, 0.6) is 0 Å². The fraction of sp³-hybridized carbons (Fsp3) is 0.613. The quantitative estimate of drug-likeness (QED) is 0.330. The molecule has 0 saturated carbocycles. The summed E-state index contributed by atoms with van der Waals surface area (Å²) in [5, 5.41) is 15.8. The van der Waals surface area contributed by atoms with Crippen molar-refractivity contribution in [3.05, 3.63) is 46.2 Å². The molecule has 4 rings (SSSR count). The second-order valence-electron chi connectivity index (χ2n) is 12.7. The summed E-state index contributed by atoms with van der Waals surface area (Å²) in [6, 6.07) is 6.11. The number of aromatic nitrogens is 1. The number of halogens is 1. The van der Waals surface area contributed by atoms with Gasteiger partial charge >= 0.3 is 12.1 Å². The Bertz CT molecular complexity index is 1270. The number of Topliss-reactive ketones (excluding diaryl/α,β-unsaturated/α-hetero) is 1. The van der Waals surface area contributed by atoms with E-state index in [9.17, 15) is 23.9 Å². The normalized spacial score (nSPS) is 21.3. The lowest BCUT2D eigenvalue weighted by Gasteiger charge is -2.42. The fourth-order valence-electron chi connectivity index (χ4n) is 5.81. The van der Waals surface area contributed by atoms with E-state index in [1.54, 1.807) is 11.8 Å². The van der Waals surface area contributed by atoms with Crippen LogP contribution < -0.4 is 10.6 Å². The zero-order chi connectivity index (χ0) is 31.1. The van der Waals surface area contributed by atoms with Gasteiger partial charge in [0.2, 0.25) is 0 Å². The van der Waals surface area contributed by atoms with Crippen LogP contribution in [0.15, 0.2) is 24.3 Å². The number of thiazole rings is 1. The van der Waals surface area contributed by atoms with Crippen molar-refractivity contribution in [1.82, 2.24) is 20.1 Å². The number of carbonyl (C=O) groups is 3. The number of hydrogen-bond acceptors (Lipinski definition) is 8. The molecule has 2 fully saturated rings. The number of carbonyl (C=O) groups excluding carboxylic acids is 3. The molecule has 3 atom stereocenters. The molecule has 0 bridgehead atoms. The number of likely N-dealkylation sites (tertiary alicyclic amines) is 2. The van der Waals surface area contributed by atoms with Gasteiger partial charge in [0.05, 0.1) is 17.2 Å². The van der Waals surface area contributed by atoms with Crippen LogP contribution in [-0.4, -0.2) is 89.8 Å². The highest BCUT2D eigenvalue weighted by atomic mass is 32.1. The molecule has 2 aliphatic heterocycles. The highest BCUT2D eigenvalue weighted by Gasteiger charge is 2.36. The Kier molecular flexibility index (Phi) is 11.1. The van der Waals surface area contributed by atoms with E-state index in [1.165, 1.54) is 19.1 Å². The SMILES string of the molecule is CC(=O)c1sc(NC(=O)N[C@@H]2CCN(C(=O)OCC(C)(C)CO)C[C@H]2CN2CCC[C@@H](Cc3ccc(F)cc3)C2)nc1C. The van der Waals surface area contributed by atoms with Crippen LogP contribution >= 0.6 is 11.3 Å². The molecule has 1 aromatic carbocycles. The van der Waals surface area contributed by atoms with Crippen molar-refractivity contribution in [3.8, 4) is 0 Å². The summed E-state index contributed by atoms with van der Waals surface area (Å²) < 4.78 is 18.9. The van der Waals surface area contributed by atoms with Crippen molar-refractivity contribution < 1.29 is 28.6 Å². The third-order valence-corrected chi connectivity index (χ3v) is 9.37. The second-order valence-corrected chi connectivity index (χ2v) is 13.7. The Hall–Kier alpha value is -3.09. The van der Waals surface area contributed by atoms with Gasteiger partial charge in [-0.05, 0) is 62.8 Å². The molecule has 43 heavy (non-hydrogen) atoms. The average molecular weight is 618 g/mol. The monoisotopic (exact) mass is 617 g/mol. The number of aliphatic hydroxyl groups is 1. The summed E-state index contributed by atoms with van der Waals surface area (Å²) in [7, 11) is 0. The van der Waals surface area contributed by atoms with E-state index in [4.69, 9.17) is 4.74 Å². The maximum atomic E-state index is 13.4. The highest BCUT2D eigenvalue weighted by molar-refractivity contribution is 7.17. The van der Waals surface area contributed by atoms with Crippen molar-refractivity contribution in [2.75, 3.05) is 51.3 Å². The van der Waals surface area contributed by atoms with Crippen LogP contribution in [0.25, 0.3) is 0 Å². The van der Waals surface area contributed by atoms with Gasteiger partial charge in [0.1, 0.15) is 12.4 Å². The summed E-state index contributed by atoms with van der Waals surface area (Å²) in [6.45, 7) is 10.3. The minimum absolute atomic E-state index is 0.0479. The van der Waals surface area contributed by atoms with Crippen molar-refractivity contribution in [1.29, 1.82) is 0 Å². The zero-order valence-electron chi connectivity index (χ0n) is 25.5. The summed E-state index contributed by atoms with van der Waals surface area (Å²) >= 11 is 1.15. The number of hydrogen-bond donors (Lipinski definition) is 3. The van der Waals surface area contributed by atoms with E-state index < -0.39 is 17.5 Å². The third kappa shape index (κ3) is 9.45. The predicted octanol–water partition coefficient (Wildman–Crippen LogP) is 4.72. The molecule has 2 saturated heterocycles. The number of piperidine rings is 2. The summed E-state index contributed by atoms with van der Waals surface area (Å²) in [6.07, 6.45) is 3.15. The van der Waals surface area contributed by atoms with E-state index >= 15 is 0 Å². The second kappa shape index (κ2) is 14.6. The van der Waals surface area contributed by atoms with Crippen LogP contribution in [0.3, 0.4) is 0 Å². The first kappa shape index (κ1) is 32.8. The molecule has 236 valence electrons. The summed E-state index contributed by atoms with van der Waals surface area (Å²) in [5.74, 6) is 0.0572. The molecule has 1 aromatic heterocycles. The molecule has 2 aromatic rings. The fourth-order valence-corrected chi connectivity index (χ4v) is 6.67. The lowest BCUT2D eigenvalue weighted by molar-refractivity contribution is 0.0263. The molecule has 10 nitrogen and oxygen atoms in total. The molecule has 0 radical (unpaired) electrons. The Labute approximate surface area is 257 Å². The maximum Gasteiger partial charge on any atom is 0.409 e. The molecular formula is C31H44FN5O5S. The molecule has 0 spiro atoms. The number of amides is 3. The Balaban J connectivity index is 1.41. The summed E-state index contributed by atoms with van der Waals surface area (Å²) in [4.78, 5) is 46.8. The number of ether oxygens (including phenoxy) is 1. The number of benzene rings is 1. The average Bonchev–Trinajstić information content (AvgIpc) is 3.34. The van der Waals surface area contributed by atoms with Crippen LogP contribution in [0.4, 0.5) is 19.1 Å². The zero-order valence-corrected chi connectivity index (χ0v) is 26.3. The first-order chi connectivity index (χ1) is 20.4. The van der Waals surface area contributed by atoms with Gasteiger partial charge in [-0.15, -0.1) is 0 Å². The number of urea groups is 1. The van der Waals surface area contributed by atoms with Gasteiger partial charge in [0, 0.05) is 50.5 Å². The molecule has 3 N–H and O–H groups in total. The van der Waals surface area contributed by atoms with E-state index in [2.05, 4.69) is 20.5 Å². The van der Waals surface area contributed by atoms with Gasteiger partial charge in [0.25, 0.3) is 0 Å². The van der Waals surface area contributed by atoms with Gasteiger partial charge in [0.15, 0.2) is 10.9 Å². The predicted molar refractivity (Wildman–Crippen MR) is 164 cm³/mol. The Morgan fingerprint density at radius 1 is 1.16 bits per heavy atom. The van der Waals surface area contributed by atoms with Crippen molar-refractivity contribution in [2.24, 2.45) is 17.3 Å². The van der Waals surface area contributed by atoms with Gasteiger partial charge in [-0.3, -0.25) is 10.1 Å². The van der Waals surface area contributed by atoms with Gasteiger partial charge in [-0.25, -0.2) is 19.0 Å². The lowest BCUT2D eigenvalue weighted by atomic mass is 9.88. The molecule has 0 aliphatic carbocycles. The van der Waals surface area contributed by atoms with Crippen molar-refractivity contribution in [2.45, 2.75) is 59.4 Å². The van der Waals surface area contributed by atoms with E-state index in [0.29, 0.717) is 47.7 Å².